The van der Waals surface area contributed by atoms with Crippen molar-refractivity contribution >= 4 is 17.1 Å². The van der Waals surface area contributed by atoms with Gasteiger partial charge in [0.1, 0.15) is 5.60 Å². The Morgan fingerprint density at radius 1 is 1.32 bits per heavy atom. The fraction of sp³-hybridized carbons (Fsp3) is 0.579. The molecule has 1 aliphatic heterocycles. The first-order chi connectivity index (χ1) is 11.9. The average molecular weight is 345 g/mol. The van der Waals surface area contributed by atoms with Gasteiger partial charge in [0.25, 0.3) is 0 Å². The van der Waals surface area contributed by atoms with Crippen LogP contribution in [-0.2, 0) is 4.74 Å². The summed E-state index contributed by atoms with van der Waals surface area (Å²) in [4.78, 5) is 14.0. The number of rotatable bonds is 4. The lowest BCUT2D eigenvalue weighted by atomic mass is 9.91. The van der Waals surface area contributed by atoms with Gasteiger partial charge in [0, 0.05) is 24.4 Å². The highest BCUT2D eigenvalue weighted by molar-refractivity contribution is 5.79. The number of para-hydroxylation sites is 1. The van der Waals surface area contributed by atoms with Crippen LogP contribution in [-0.4, -0.2) is 47.9 Å². The first-order valence-electron chi connectivity index (χ1n) is 8.96. The zero-order valence-corrected chi connectivity index (χ0v) is 15.2. The molecule has 1 aliphatic rings. The topological polar surface area (TPSA) is 67.6 Å². The Labute approximate surface area is 148 Å². The summed E-state index contributed by atoms with van der Waals surface area (Å²) >= 11 is 0. The van der Waals surface area contributed by atoms with Crippen LogP contribution in [0.1, 0.15) is 45.2 Å². The molecule has 1 aromatic heterocycles. The number of likely N-dealkylation sites (tertiary alicyclic amines) is 1. The first kappa shape index (κ1) is 17.7. The van der Waals surface area contributed by atoms with E-state index in [-0.39, 0.29) is 6.09 Å². The van der Waals surface area contributed by atoms with Gasteiger partial charge < -0.3 is 19.5 Å². The number of piperidine rings is 1. The third kappa shape index (κ3) is 4.72. The molecule has 136 valence electrons. The van der Waals surface area contributed by atoms with Crippen LogP contribution in [0.15, 0.2) is 28.8 Å². The molecular formula is C19H27N3O3. The van der Waals surface area contributed by atoms with Crippen LogP contribution >= 0.6 is 0 Å². The first-order valence-corrected chi connectivity index (χ1v) is 8.96. The van der Waals surface area contributed by atoms with E-state index in [4.69, 9.17) is 9.26 Å². The van der Waals surface area contributed by atoms with Crippen molar-refractivity contribution in [1.82, 2.24) is 15.4 Å². The summed E-state index contributed by atoms with van der Waals surface area (Å²) in [5.74, 6) is 0.443. The van der Waals surface area contributed by atoms with E-state index in [9.17, 15) is 4.79 Å². The Hall–Kier alpha value is -2.08. The molecule has 0 unspecified atom stereocenters. The Kier molecular flexibility index (Phi) is 5.27. The number of hydrogen-bond acceptors (Lipinski definition) is 5. The SMILES string of the molecule is CC(C)(C)OC(=O)NCCN1CCC(c2noc3ccccc23)CC1. The third-order valence-electron chi connectivity index (χ3n) is 4.48. The quantitative estimate of drug-likeness (QED) is 0.918. The van der Waals surface area contributed by atoms with Gasteiger partial charge in [0.05, 0.1) is 5.69 Å². The smallest absolute Gasteiger partial charge is 0.407 e. The molecule has 0 radical (unpaired) electrons. The third-order valence-corrected chi connectivity index (χ3v) is 4.48. The number of nitrogens with one attached hydrogen (secondary N) is 1. The predicted molar refractivity (Wildman–Crippen MR) is 96.7 cm³/mol. The van der Waals surface area contributed by atoms with Gasteiger partial charge >= 0.3 is 6.09 Å². The van der Waals surface area contributed by atoms with Gasteiger partial charge in [-0.1, -0.05) is 17.3 Å². The number of carbonyl (C=O) groups excluding carboxylic acids is 1. The number of hydrogen-bond donors (Lipinski definition) is 1. The molecule has 0 saturated carbocycles. The molecule has 1 saturated heterocycles. The molecular weight excluding hydrogens is 318 g/mol. The summed E-state index contributed by atoms with van der Waals surface area (Å²) in [7, 11) is 0. The zero-order chi connectivity index (χ0) is 17.9. The Balaban J connectivity index is 1.44. The lowest BCUT2D eigenvalue weighted by molar-refractivity contribution is 0.0520. The standard InChI is InChI=1S/C19H27N3O3/c1-19(2,3)24-18(23)20-10-13-22-11-8-14(9-12-22)17-15-6-4-5-7-16(15)25-21-17/h4-7,14H,8-13H2,1-3H3,(H,20,23). The summed E-state index contributed by atoms with van der Waals surface area (Å²) in [6.07, 6.45) is 1.77. The Bertz CT molecular complexity index is 712. The maximum Gasteiger partial charge on any atom is 0.407 e. The summed E-state index contributed by atoms with van der Waals surface area (Å²) in [6, 6.07) is 8.04. The largest absolute Gasteiger partial charge is 0.444 e. The van der Waals surface area contributed by atoms with E-state index in [0.717, 1.165) is 49.1 Å². The van der Waals surface area contributed by atoms with Gasteiger partial charge in [0.15, 0.2) is 5.58 Å². The van der Waals surface area contributed by atoms with Crippen molar-refractivity contribution < 1.29 is 14.1 Å². The van der Waals surface area contributed by atoms with E-state index >= 15 is 0 Å². The number of nitrogens with zero attached hydrogens (tertiary/aromatic N) is 2. The summed E-state index contributed by atoms with van der Waals surface area (Å²) < 4.78 is 10.7. The number of alkyl carbamates (subject to hydrolysis) is 1. The minimum Gasteiger partial charge on any atom is -0.444 e. The fourth-order valence-corrected chi connectivity index (χ4v) is 3.26. The number of ether oxygens (including phenoxy) is 1. The van der Waals surface area contributed by atoms with Gasteiger partial charge in [0.2, 0.25) is 0 Å². The summed E-state index contributed by atoms with van der Waals surface area (Å²) in [5.41, 5.74) is 1.49. The maximum absolute atomic E-state index is 11.7. The molecule has 0 spiro atoms. The van der Waals surface area contributed by atoms with Gasteiger partial charge in [-0.05, 0) is 58.8 Å². The number of benzene rings is 1. The van der Waals surface area contributed by atoms with E-state index in [2.05, 4.69) is 21.4 Å². The number of amides is 1. The normalized spacial score (nSPS) is 16.9. The van der Waals surface area contributed by atoms with Gasteiger partial charge in [-0.25, -0.2) is 4.79 Å². The van der Waals surface area contributed by atoms with Crippen molar-refractivity contribution in [3.63, 3.8) is 0 Å². The fourth-order valence-electron chi connectivity index (χ4n) is 3.26. The van der Waals surface area contributed by atoms with Crippen LogP contribution < -0.4 is 5.32 Å². The van der Waals surface area contributed by atoms with Gasteiger partial charge in [-0.3, -0.25) is 0 Å². The highest BCUT2D eigenvalue weighted by Crippen LogP contribution is 2.32. The molecule has 1 N–H and O–H groups in total. The van der Waals surface area contributed by atoms with Gasteiger partial charge in [-0.15, -0.1) is 0 Å². The number of carbonyl (C=O) groups is 1. The molecule has 0 aliphatic carbocycles. The highest BCUT2D eigenvalue weighted by Gasteiger charge is 2.25. The van der Waals surface area contributed by atoms with Gasteiger partial charge in [-0.2, -0.15) is 0 Å². The highest BCUT2D eigenvalue weighted by atomic mass is 16.6. The van der Waals surface area contributed by atoms with Crippen molar-refractivity contribution in [3.8, 4) is 0 Å². The van der Waals surface area contributed by atoms with E-state index in [0.29, 0.717) is 12.5 Å². The van der Waals surface area contributed by atoms with Crippen LogP contribution in [0.25, 0.3) is 11.0 Å². The molecule has 3 rings (SSSR count). The van der Waals surface area contributed by atoms with Crippen molar-refractivity contribution in [2.75, 3.05) is 26.2 Å². The average Bonchev–Trinajstić information content (AvgIpc) is 2.98. The number of aromatic nitrogens is 1. The summed E-state index contributed by atoms with van der Waals surface area (Å²) in [5, 5.41) is 8.25. The lowest BCUT2D eigenvalue weighted by Crippen LogP contribution is -2.40. The zero-order valence-electron chi connectivity index (χ0n) is 15.2. The molecule has 6 heteroatoms. The molecule has 1 amide bonds. The second-order valence-electron chi connectivity index (χ2n) is 7.61. The Morgan fingerprint density at radius 3 is 2.76 bits per heavy atom. The van der Waals surface area contributed by atoms with Crippen LogP contribution in [0.5, 0.6) is 0 Å². The number of fused-ring (bicyclic) bond motifs is 1. The minimum absolute atomic E-state index is 0.351. The molecule has 1 aromatic carbocycles. The Morgan fingerprint density at radius 2 is 2.04 bits per heavy atom. The molecule has 2 heterocycles. The van der Waals surface area contributed by atoms with Crippen molar-refractivity contribution in [1.29, 1.82) is 0 Å². The van der Waals surface area contributed by atoms with Crippen LogP contribution in [0.4, 0.5) is 4.79 Å². The van der Waals surface area contributed by atoms with E-state index in [1.807, 2.05) is 39.0 Å². The van der Waals surface area contributed by atoms with Crippen molar-refractivity contribution in [2.45, 2.75) is 45.1 Å². The van der Waals surface area contributed by atoms with E-state index in [1.165, 1.54) is 0 Å². The van der Waals surface area contributed by atoms with E-state index in [1.54, 1.807) is 0 Å². The molecule has 25 heavy (non-hydrogen) atoms. The van der Waals surface area contributed by atoms with Crippen LogP contribution in [0.3, 0.4) is 0 Å². The second-order valence-corrected chi connectivity index (χ2v) is 7.61. The van der Waals surface area contributed by atoms with Crippen molar-refractivity contribution in [2.24, 2.45) is 0 Å². The predicted octanol–water partition coefficient (Wildman–Crippen LogP) is 3.53. The van der Waals surface area contributed by atoms with Crippen LogP contribution in [0, 0.1) is 0 Å². The molecule has 2 aromatic rings. The van der Waals surface area contributed by atoms with Crippen molar-refractivity contribution in [3.05, 3.63) is 30.0 Å². The maximum atomic E-state index is 11.7. The minimum atomic E-state index is -0.456. The molecule has 1 fully saturated rings. The lowest BCUT2D eigenvalue weighted by Gasteiger charge is -2.31. The molecule has 0 bridgehead atoms. The molecule has 0 atom stereocenters. The van der Waals surface area contributed by atoms with Crippen LogP contribution in [0.2, 0.25) is 0 Å². The van der Waals surface area contributed by atoms with E-state index < -0.39 is 5.60 Å². The monoisotopic (exact) mass is 345 g/mol. The molecule has 6 nitrogen and oxygen atoms in total. The summed E-state index contributed by atoms with van der Waals surface area (Å²) in [6.45, 7) is 9.04. The second kappa shape index (κ2) is 7.44.